The van der Waals surface area contributed by atoms with E-state index in [1.54, 1.807) is 36.7 Å². The predicted molar refractivity (Wildman–Crippen MR) is 89.1 cm³/mol. The molecule has 0 saturated heterocycles. The molecule has 0 aliphatic carbocycles. The maximum Gasteiger partial charge on any atom is 0.261 e. The molecule has 0 aliphatic heterocycles. The van der Waals surface area contributed by atoms with E-state index in [0.717, 1.165) is 0 Å². The number of H-pyrrole nitrogens is 2. The molecule has 0 radical (unpaired) electrons. The van der Waals surface area contributed by atoms with Crippen LogP contribution in [-0.4, -0.2) is 48.4 Å². The second-order valence-corrected chi connectivity index (χ2v) is 6.85. The van der Waals surface area contributed by atoms with E-state index in [2.05, 4.69) is 9.97 Å². The molecule has 0 aliphatic rings. The Balaban J connectivity index is 0. The maximum absolute atomic E-state index is 10.2. The van der Waals surface area contributed by atoms with Crippen LogP contribution in [0.15, 0.2) is 58.4 Å². The van der Waals surface area contributed by atoms with Crippen molar-refractivity contribution < 1.29 is 25.9 Å². The van der Waals surface area contributed by atoms with Gasteiger partial charge in [-0.25, -0.2) is 0 Å². The van der Waals surface area contributed by atoms with E-state index >= 15 is 0 Å². The van der Waals surface area contributed by atoms with E-state index in [9.17, 15) is 26.4 Å². The molecule has 12 heteroatoms. The van der Waals surface area contributed by atoms with Crippen molar-refractivity contribution in [2.75, 3.05) is 12.5 Å². The van der Waals surface area contributed by atoms with Crippen LogP contribution in [0.25, 0.3) is 0 Å². The normalized spacial score (nSPS) is 9.83. The lowest BCUT2D eigenvalue weighted by Gasteiger charge is -1.73. The number of rotatable bonds is 0. The number of nitrogens with one attached hydrogen (secondary N) is 2. The Morgan fingerprint density at radius 3 is 1.04 bits per heavy atom. The largest absolute Gasteiger partial charge is 0.329 e. The third-order valence-corrected chi connectivity index (χ3v) is 1.36. The molecule has 0 saturated carbocycles. The Kier molecular flexibility index (Phi) is 12.2. The van der Waals surface area contributed by atoms with Crippen molar-refractivity contribution in [3.63, 3.8) is 0 Å². The molecule has 0 unspecified atom stereocenters. The van der Waals surface area contributed by atoms with Crippen LogP contribution in [0.3, 0.4) is 0 Å². The SMILES string of the molecule is CS(=O)(=O)O.CS(=O)(=O)O.O=c1cccc[nH]1.O=c1cccc[nH]1. The van der Waals surface area contributed by atoms with E-state index < -0.39 is 20.2 Å². The molecule has 0 bridgehead atoms. The average Bonchev–Trinajstić information content (AvgIpc) is 2.37. The molecule has 2 heterocycles. The van der Waals surface area contributed by atoms with Gasteiger partial charge in [-0.2, -0.15) is 16.8 Å². The Labute approximate surface area is 138 Å². The van der Waals surface area contributed by atoms with Gasteiger partial charge in [0.05, 0.1) is 12.5 Å². The highest BCUT2D eigenvalue weighted by molar-refractivity contribution is 7.85. The molecule has 2 aromatic rings. The minimum Gasteiger partial charge on any atom is -0.329 e. The minimum atomic E-state index is -3.67. The summed E-state index contributed by atoms with van der Waals surface area (Å²) in [6.45, 7) is 0. The van der Waals surface area contributed by atoms with Crippen molar-refractivity contribution in [1.29, 1.82) is 0 Å². The summed E-state index contributed by atoms with van der Waals surface area (Å²) in [5.74, 6) is 0. The van der Waals surface area contributed by atoms with Crippen LogP contribution in [0, 0.1) is 0 Å². The molecule has 0 spiro atoms. The predicted octanol–water partition coefficient (Wildman–Crippen LogP) is -0.242. The van der Waals surface area contributed by atoms with Crippen molar-refractivity contribution in [2.24, 2.45) is 0 Å². The summed E-state index contributed by atoms with van der Waals surface area (Å²) < 4.78 is 51.7. The molecule has 0 atom stereocenters. The van der Waals surface area contributed by atoms with Crippen molar-refractivity contribution in [1.82, 2.24) is 9.97 Å². The zero-order chi connectivity index (χ0) is 19.2. The van der Waals surface area contributed by atoms with Crippen LogP contribution in [-0.2, 0) is 20.2 Å². The lowest BCUT2D eigenvalue weighted by atomic mass is 10.5. The van der Waals surface area contributed by atoms with E-state index in [0.29, 0.717) is 12.5 Å². The molecular formula is C12H18N2O8S2. The highest BCUT2D eigenvalue weighted by Crippen LogP contribution is 1.67. The van der Waals surface area contributed by atoms with Gasteiger partial charge in [-0.1, -0.05) is 12.1 Å². The fourth-order valence-electron chi connectivity index (χ4n) is 0.754. The Morgan fingerprint density at radius 1 is 0.708 bits per heavy atom. The van der Waals surface area contributed by atoms with Crippen LogP contribution < -0.4 is 11.1 Å². The fourth-order valence-corrected chi connectivity index (χ4v) is 0.754. The molecule has 24 heavy (non-hydrogen) atoms. The summed E-state index contributed by atoms with van der Waals surface area (Å²) in [6.07, 6.45) is 4.63. The third kappa shape index (κ3) is 36.7. The quantitative estimate of drug-likeness (QED) is 0.451. The standard InChI is InChI=1S/2C5H5NO.2CH4O3S/c2*7-5-3-1-2-4-6-5;2*1-5(2,3)4/h2*1-4H,(H,6,7);2*1H3,(H,2,3,4). The van der Waals surface area contributed by atoms with Crippen molar-refractivity contribution >= 4 is 20.2 Å². The van der Waals surface area contributed by atoms with Gasteiger partial charge in [-0.15, -0.1) is 0 Å². The first-order valence-corrected chi connectivity index (χ1v) is 9.61. The second kappa shape index (κ2) is 12.2. The number of aromatic nitrogens is 2. The average molecular weight is 382 g/mol. The molecule has 10 nitrogen and oxygen atoms in total. The second-order valence-electron chi connectivity index (χ2n) is 3.92. The first-order chi connectivity index (χ1) is 10.8. The number of hydrogen-bond acceptors (Lipinski definition) is 6. The summed E-state index contributed by atoms with van der Waals surface area (Å²) in [5.41, 5.74) is -0.106. The fraction of sp³-hybridized carbons (Fsp3) is 0.167. The van der Waals surface area contributed by atoms with Gasteiger partial charge < -0.3 is 9.97 Å². The molecule has 0 fully saturated rings. The Morgan fingerprint density at radius 2 is 0.958 bits per heavy atom. The molecule has 2 aromatic heterocycles. The highest BCUT2D eigenvalue weighted by Gasteiger charge is 1.82. The van der Waals surface area contributed by atoms with E-state index in [4.69, 9.17) is 9.11 Å². The summed E-state index contributed by atoms with van der Waals surface area (Å²) in [4.78, 5) is 25.4. The van der Waals surface area contributed by atoms with Crippen LogP contribution >= 0.6 is 0 Å². The Bertz CT molecular complexity index is 759. The smallest absolute Gasteiger partial charge is 0.261 e. The van der Waals surface area contributed by atoms with Crippen molar-refractivity contribution in [3.8, 4) is 0 Å². The van der Waals surface area contributed by atoms with E-state index in [1.165, 1.54) is 12.1 Å². The zero-order valence-electron chi connectivity index (χ0n) is 12.8. The van der Waals surface area contributed by atoms with Crippen LogP contribution in [0.4, 0.5) is 0 Å². The lowest BCUT2D eigenvalue weighted by Crippen LogP contribution is -1.98. The van der Waals surface area contributed by atoms with Gasteiger partial charge in [0.1, 0.15) is 0 Å². The molecular weight excluding hydrogens is 364 g/mol. The maximum atomic E-state index is 10.2. The first-order valence-electron chi connectivity index (χ1n) is 5.91. The molecule has 0 aromatic carbocycles. The topological polar surface area (TPSA) is 174 Å². The summed E-state index contributed by atoms with van der Waals surface area (Å²) in [5, 5.41) is 0. The Hall–Kier alpha value is -2.28. The number of aromatic amines is 2. The molecule has 136 valence electrons. The molecule has 4 N–H and O–H groups in total. The monoisotopic (exact) mass is 382 g/mol. The summed E-state index contributed by atoms with van der Waals surface area (Å²) in [7, 11) is -7.33. The lowest BCUT2D eigenvalue weighted by molar-refractivity contribution is 0.488. The van der Waals surface area contributed by atoms with Gasteiger partial charge in [0.25, 0.3) is 20.2 Å². The van der Waals surface area contributed by atoms with Gasteiger partial charge in [0.15, 0.2) is 0 Å². The summed E-state index contributed by atoms with van der Waals surface area (Å²) in [6, 6.07) is 9.86. The van der Waals surface area contributed by atoms with Crippen LogP contribution in [0.2, 0.25) is 0 Å². The number of hydrogen-bond donors (Lipinski definition) is 4. The van der Waals surface area contributed by atoms with Gasteiger partial charge >= 0.3 is 0 Å². The van der Waals surface area contributed by atoms with Crippen LogP contribution in [0.1, 0.15) is 0 Å². The highest BCUT2D eigenvalue weighted by atomic mass is 32.2. The van der Waals surface area contributed by atoms with Gasteiger partial charge in [-0.3, -0.25) is 18.7 Å². The zero-order valence-corrected chi connectivity index (χ0v) is 14.4. The van der Waals surface area contributed by atoms with E-state index in [1.807, 2.05) is 0 Å². The van der Waals surface area contributed by atoms with Gasteiger partial charge in [0.2, 0.25) is 11.1 Å². The molecule has 2 rings (SSSR count). The minimum absolute atomic E-state index is 0.0532. The molecule has 0 amide bonds. The van der Waals surface area contributed by atoms with E-state index in [-0.39, 0.29) is 11.1 Å². The first kappa shape index (κ1) is 24.0. The van der Waals surface area contributed by atoms with Gasteiger partial charge in [-0.05, 0) is 12.1 Å². The van der Waals surface area contributed by atoms with Gasteiger partial charge in [0, 0.05) is 24.5 Å². The summed E-state index contributed by atoms with van der Waals surface area (Å²) >= 11 is 0. The third-order valence-electron chi connectivity index (χ3n) is 1.36. The van der Waals surface area contributed by atoms with Crippen molar-refractivity contribution in [2.45, 2.75) is 0 Å². The van der Waals surface area contributed by atoms with Crippen molar-refractivity contribution in [3.05, 3.63) is 69.5 Å². The number of pyridine rings is 2. The van der Waals surface area contributed by atoms with Crippen LogP contribution in [0.5, 0.6) is 0 Å².